The fourth-order valence-electron chi connectivity index (χ4n) is 3.73. The van der Waals surface area contributed by atoms with Gasteiger partial charge in [0.25, 0.3) is 0 Å². The molecule has 2 rings (SSSR count). The molecule has 0 aliphatic heterocycles. The Bertz CT molecular complexity index is 415. The zero-order valence-corrected chi connectivity index (χ0v) is 17.4. The Morgan fingerprint density at radius 2 is 1.19 bits per heavy atom. The van der Waals surface area contributed by atoms with Crippen LogP contribution in [0.3, 0.4) is 0 Å². The minimum Gasteiger partial charge on any atom is -0.388 e. The van der Waals surface area contributed by atoms with Crippen LogP contribution < -0.4 is 0 Å². The zero-order valence-electron chi connectivity index (χ0n) is 15.4. The van der Waals surface area contributed by atoms with Crippen LogP contribution in [0, 0.1) is 5.41 Å². The van der Waals surface area contributed by atoms with Gasteiger partial charge in [-0.2, -0.15) is 0 Å². The smallest absolute Gasteiger partial charge is 0.187 e. The van der Waals surface area contributed by atoms with Crippen molar-refractivity contribution < 1.29 is 8.85 Å². The first kappa shape index (κ1) is 17.4. The number of rotatable bonds is 4. The molecule has 0 bridgehead atoms. The van der Waals surface area contributed by atoms with Crippen LogP contribution in [0.4, 0.5) is 0 Å². The Kier molecular flexibility index (Phi) is 4.42. The predicted molar refractivity (Wildman–Crippen MR) is 95.5 cm³/mol. The average Bonchev–Trinajstić information content (AvgIpc) is 2.68. The average molecular weight is 327 g/mol. The molecule has 2 aliphatic carbocycles. The Morgan fingerprint density at radius 1 is 0.762 bits per heavy atom. The lowest BCUT2D eigenvalue weighted by Gasteiger charge is -2.34. The van der Waals surface area contributed by atoms with E-state index in [-0.39, 0.29) is 5.41 Å². The lowest BCUT2D eigenvalue weighted by Crippen LogP contribution is -2.44. The van der Waals surface area contributed by atoms with Gasteiger partial charge in [-0.1, -0.05) is 25.8 Å². The molecule has 0 spiro atoms. The molecule has 0 aromatic heterocycles. The second-order valence-corrected chi connectivity index (χ2v) is 18.1. The third-order valence-electron chi connectivity index (χ3n) is 4.42. The third-order valence-corrected chi connectivity index (χ3v) is 6.22. The Labute approximate surface area is 133 Å². The zero-order chi connectivity index (χ0) is 16.1. The van der Waals surface area contributed by atoms with Gasteiger partial charge in [0, 0.05) is 5.41 Å². The largest absolute Gasteiger partial charge is 0.388 e. The lowest BCUT2D eigenvalue weighted by molar-refractivity contribution is -0.0580. The first-order valence-corrected chi connectivity index (χ1v) is 15.3. The quantitative estimate of drug-likeness (QED) is 0.375. The summed E-state index contributed by atoms with van der Waals surface area (Å²) in [5.74, 6) is -0.408. The molecule has 0 N–H and O–H groups in total. The van der Waals surface area contributed by atoms with Crippen molar-refractivity contribution in [1.29, 1.82) is 0 Å². The summed E-state index contributed by atoms with van der Waals surface area (Å²) in [5, 5.41) is 0. The van der Waals surface area contributed by atoms with Gasteiger partial charge in [0.1, 0.15) is 0 Å². The van der Waals surface area contributed by atoms with Gasteiger partial charge >= 0.3 is 0 Å². The Hall–Kier alpha value is 0.0938. The van der Waals surface area contributed by atoms with Gasteiger partial charge < -0.3 is 8.85 Å². The molecular weight excluding hydrogens is 292 g/mol. The second kappa shape index (κ2) is 5.32. The second-order valence-electron chi connectivity index (χ2n) is 9.21. The van der Waals surface area contributed by atoms with E-state index < -0.39 is 22.4 Å². The van der Waals surface area contributed by atoms with E-state index in [1.165, 1.54) is 37.7 Å². The number of hydrogen-bond donors (Lipinski definition) is 0. The molecule has 0 aromatic rings. The highest BCUT2D eigenvalue weighted by Gasteiger charge is 2.72. The Morgan fingerprint density at radius 3 is 1.57 bits per heavy atom. The maximum absolute atomic E-state index is 6.69. The summed E-state index contributed by atoms with van der Waals surface area (Å²) >= 11 is 0. The lowest BCUT2D eigenvalue weighted by atomic mass is 9.93. The summed E-state index contributed by atoms with van der Waals surface area (Å²) in [6, 6.07) is 0. The fraction of sp³-hybridized carbons (Fsp3) is 0.882. The van der Waals surface area contributed by atoms with Crippen molar-refractivity contribution in [3.05, 3.63) is 11.1 Å². The topological polar surface area (TPSA) is 18.5 Å². The molecule has 2 fully saturated rings. The molecule has 21 heavy (non-hydrogen) atoms. The normalized spacial score (nSPS) is 25.1. The van der Waals surface area contributed by atoms with Gasteiger partial charge in [-0.15, -0.1) is 0 Å². The number of allylic oxidation sites excluding steroid dienone is 1. The molecule has 2 aliphatic rings. The standard InChI is InChI=1S/C17H34O2Si2/c1-16(2)15(14-12-10-9-11-13-14)17(16,18-20(3,4)5)19-21(6,7)8/h9-13H2,1-8H3. The molecule has 0 atom stereocenters. The van der Waals surface area contributed by atoms with E-state index in [2.05, 4.69) is 53.1 Å². The minimum absolute atomic E-state index is 0.0558. The molecule has 0 aromatic carbocycles. The van der Waals surface area contributed by atoms with Crippen molar-refractivity contribution in [2.45, 2.75) is 91.0 Å². The summed E-state index contributed by atoms with van der Waals surface area (Å²) in [5.41, 5.74) is 3.20. The highest BCUT2D eigenvalue weighted by atomic mass is 28.4. The first-order chi connectivity index (χ1) is 9.39. The highest BCUT2D eigenvalue weighted by Crippen LogP contribution is 2.68. The third kappa shape index (κ3) is 3.54. The van der Waals surface area contributed by atoms with E-state index in [0.29, 0.717) is 0 Å². The van der Waals surface area contributed by atoms with Crippen LogP contribution in [-0.4, -0.2) is 22.4 Å². The van der Waals surface area contributed by atoms with E-state index in [0.717, 1.165) is 0 Å². The van der Waals surface area contributed by atoms with E-state index in [1.54, 1.807) is 5.57 Å². The highest BCUT2D eigenvalue weighted by molar-refractivity contribution is 6.71. The van der Waals surface area contributed by atoms with Crippen molar-refractivity contribution >= 4 is 16.6 Å². The van der Waals surface area contributed by atoms with E-state index in [9.17, 15) is 0 Å². The van der Waals surface area contributed by atoms with Gasteiger partial charge in [0.2, 0.25) is 0 Å². The molecule has 2 nitrogen and oxygen atoms in total. The first-order valence-electron chi connectivity index (χ1n) is 8.52. The van der Waals surface area contributed by atoms with E-state index in [1.807, 2.05) is 0 Å². The Balaban J connectivity index is 2.40. The van der Waals surface area contributed by atoms with Crippen LogP contribution in [0.1, 0.15) is 46.0 Å². The van der Waals surface area contributed by atoms with Gasteiger partial charge in [-0.3, -0.25) is 0 Å². The molecule has 0 heterocycles. The van der Waals surface area contributed by atoms with Gasteiger partial charge in [0.15, 0.2) is 22.4 Å². The van der Waals surface area contributed by atoms with Crippen LogP contribution in [0.2, 0.25) is 39.3 Å². The van der Waals surface area contributed by atoms with Gasteiger partial charge in [0.05, 0.1) is 0 Å². The van der Waals surface area contributed by atoms with Crippen molar-refractivity contribution in [2.75, 3.05) is 0 Å². The molecule has 4 heteroatoms. The summed E-state index contributed by atoms with van der Waals surface area (Å²) in [6.45, 7) is 18.3. The monoisotopic (exact) mass is 326 g/mol. The summed E-state index contributed by atoms with van der Waals surface area (Å²) < 4.78 is 13.4. The van der Waals surface area contributed by atoms with Crippen LogP contribution in [-0.2, 0) is 8.85 Å². The summed E-state index contributed by atoms with van der Waals surface area (Å²) in [7, 11) is -3.32. The maximum Gasteiger partial charge on any atom is 0.187 e. The molecule has 0 amide bonds. The van der Waals surface area contributed by atoms with E-state index in [4.69, 9.17) is 8.85 Å². The predicted octanol–water partition coefficient (Wildman–Crippen LogP) is 5.69. The van der Waals surface area contributed by atoms with E-state index >= 15 is 0 Å². The molecule has 0 saturated heterocycles. The van der Waals surface area contributed by atoms with Crippen molar-refractivity contribution in [3.63, 3.8) is 0 Å². The molecule has 0 unspecified atom stereocenters. The van der Waals surface area contributed by atoms with Crippen molar-refractivity contribution in [2.24, 2.45) is 5.41 Å². The maximum atomic E-state index is 6.69. The van der Waals surface area contributed by atoms with Crippen molar-refractivity contribution in [1.82, 2.24) is 0 Å². The molecule has 2 saturated carbocycles. The van der Waals surface area contributed by atoms with Gasteiger partial charge in [-0.05, 0) is 70.5 Å². The van der Waals surface area contributed by atoms with Crippen LogP contribution in [0.5, 0.6) is 0 Å². The van der Waals surface area contributed by atoms with Crippen LogP contribution >= 0.6 is 0 Å². The van der Waals surface area contributed by atoms with Gasteiger partial charge in [-0.25, -0.2) is 0 Å². The SMILES string of the molecule is CC1(C)C(=C2CCCCC2)C1(O[Si](C)(C)C)O[Si](C)(C)C. The number of hydrogen-bond acceptors (Lipinski definition) is 2. The minimum atomic E-state index is -1.66. The van der Waals surface area contributed by atoms with Crippen molar-refractivity contribution in [3.8, 4) is 0 Å². The van der Waals surface area contributed by atoms with Crippen LogP contribution in [0.25, 0.3) is 0 Å². The molecule has 122 valence electrons. The van der Waals surface area contributed by atoms with Crippen LogP contribution in [0.15, 0.2) is 11.1 Å². The summed E-state index contributed by atoms with van der Waals surface area (Å²) in [6.07, 6.45) is 6.57. The summed E-state index contributed by atoms with van der Waals surface area (Å²) in [4.78, 5) is 0. The fourth-order valence-corrected chi connectivity index (χ4v) is 6.34. The molecule has 0 radical (unpaired) electrons. The molecular formula is C17H34O2Si2.